The van der Waals surface area contributed by atoms with Crippen molar-refractivity contribution in [3.63, 3.8) is 0 Å². The molecule has 0 saturated heterocycles. The average molecular weight is 187 g/mol. The molecule has 0 atom stereocenters. The summed E-state index contributed by atoms with van der Waals surface area (Å²) in [6.07, 6.45) is 0.456. The monoisotopic (exact) mass is 187 g/mol. The molecular formula is C9H17NO3. The van der Waals surface area contributed by atoms with Gasteiger partial charge in [0.05, 0.1) is 12.5 Å². The lowest BCUT2D eigenvalue weighted by Crippen LogP contribution is -2.27. The van der Waals surface area contributed by atoms with Gasteiger partial charge < -0.3 is 10.1 Å². The lowest BCUT2D eigenvalue weighted by atomic mass is 10.2. The summed E-state index contributed by atoms with van der Waals surface area (Å²) >= 11 is 0. The number of ether oxygens (including phenoxy) is 1. The normalized spacial score (nSPS) is 9.85. The van der Waals surface area contributed by atoms with Gasteiger partial charge in [-0.1, -0.05) is 20.8 Å². The largest absolute Gasteiger partial charge is 0.464 e. The Morgan fingerprint density at radius 2 is 2.00 bits per heavy atom. The number of hydrogen-bond donors (Lipinski definition) is 1. The zero-order valence-corrected chi connectivity index (χ0v) is 8.42. The van der Waals surface area contributed by atoms with Gasteiger partial charge in [-0.05, 0) is 0 Å². The quantitative estimate of drug-likeness (QED) is 0.509. The molecule has 0 aliphatic rings. The van der Waals surface area contributed by atoms with Gasteiger partial charge in [0.1, 0.15) is 6.61 Å². The second kappa shape index (κ2) is 6.46. The van der Waals surface area contributed by atoms with E-state index in [4.69, 9.17) is 4.74 Å². The Balaban J connectivity index is 3.36. The van der Waals surface area contributed by atoms with Crippen LogP contribution < -0.4 is 5.32 Å². The summed E-state index contributed by atoms with van der Waals surface area (Å²) in [4.78, 5) is 21.7. The van der Waals surface area contributed by atoms with Crippen LogP contribution in [-0.2, 0) is 14.3 Å². The van der Waals surface area contributed by atoms with Crippen molar-refractivity contribution in [3.8, 4) is 0 Å². The SMILES string of the molecule is CCC(=O)NCCOC(=O)C(C)C. The summed E-state index contributed by atoms with van der Waals surface area (Å²) in [6.45, 7) is 5.96. The molecule has 0 unspecified atom stereocenters. The van der Waals surface area contributed by atoms with Crippen molar-refractivity contribution < 1.29 is 14.3 Å². The summed E-state index contributed by atoms with van der Waals surface area (Å²) in [6, 6.07) is 0. The fraction of sp³-hybridized carbons (Fsp3) is 0.778. The second-order valence-corrected chi connectivity index (χ2v) is 3.03. The third kappa shape index (κ3) is 6.13. The minimum absolute atomic E-state index is 0.0272. The summed E-state index contributed by atoms with van der Waals surface area (Å²) in [5, 5.41) is 2.61. The molecule has 4 nitrogen and oxygen atoms in total. The van der Waals surface area contributed by atoms with Gasteiger partial charge in [0, 0.05) is 6.42 Å². The second-order valence-electron chi connectivity index (χ2n) is 3.03. The van der Waals surface area contributed by atoms with Crippen LogP contribution in [-0.4, -0.2) is 25.0 Å². The molecule has 0 rings (SSSR count). The number of carbonyl (C=O) groups is 2. The maximum Gasteiger partial charge on any atom is 0.308 e. The molecule has 0 bridgehead atoms. The van der Waals surface area contributed by atoms with E-state index in [2.05, 4.69) is 5.32 Å². The van der Waals surface area contributed by atoms with E-state index in [0.29, 0.717) is 13.0 Å². The fourth-order valence-electron chi connectivity index (χ4n) is 0.634. The molecule has 0 aliphatic carbocycles. The van der Waals surface area contributed by atoms with Crippen molar-refractivity contribution in [3.05, 3.63) is 0 Å². The van der Waals surface area contributed by atoms with Crippen LogP contribution in [0.4, 0.5) is 0 Å². The number of rotatable bonds is 5. The van der Waals surface area contributed by atoms with Crippen LogP contribution in [0.3, 0.4) is 0 Å². The highest BCUT2D eigenvalue weighted by molar-refractivity contribution is 5.75. The van der Waals surface area contributed by atoms with E-state index in [1.807, 2.05) is 0 Å². The minimum Gasteiger partial charge on any atom is -0.464 e. The van der Waals surface area contributed by atoms with Gasteiger partial charge in [-0.3, -0.25) is 9.59 Å². The van der Waals surface area contributed by atoms with Crippen LogP contribution in [0.5, 0.6) is 0 Å². The number of esters is 1. The lowest BCUT2D eigenvalue weighted by Gasteiger charge is -2.07. The molecule has 0 saturated carbocycles. The van der Waals surface area contributed by atoms with E-state index in [-0.39, 0.29) is 24.4 Å². The first-order chi connectivity index (χ1) is 6.07. The highest BCUT2D eigenvalue weighted by Crippen LogP contribution is 1.94. The Morgan fingerprint density at radius 1 is 1.38 bits per heavy atom. The van der Waals surface area contributed by atoms with E-state index in [9.17, 15) is 9.59 Å². The number of amides is 1. The van der Waals surface area contributed by atoms with Gasteiger partial charge in [0.25, 0.3) is 0 Å². The van der Waals surface area contributed by atoms with E-state index >= 15 is 0 Å². The van der Waals surface area contributed by atoms with Crippen molar-refractivity contribution in [2.24, 2.45) is 5.92 Å². The van der Waals surface area contributed by atoms with Gasteiger partial charge in [0.2, 0.25) is 5.91 Å². The van der Waals surface area contributed by atoms with Crippen molar-refractivity contribution in [1.82, 2.24) is 5.32 Å². The Kier molecular flexibility index (Phi) is 5.93. The third-order valence-electron chi connectivity index (χ3n) is 1.46. The van der Waals surface area contributed by atoms with E-state index in [1.54, 1.807) is 20.8 Å². The Hall–Kier alpha value is -1.06. The molecular weight excluding hydrogens is 170 g/mol. The Labute approximate surface area is 78.6 Å². The van der Waals surface area contributed by atoms with Gasteiger partial charge in [-0.2, -0.15) is 0 Å². The van der Waals surface area contributed by atoms with Crippen molar-refractivity contribution in [2.45, 2.75) is 27.2 Å². The molecule has 76 valence electrons. The first kappa shape index (κ1) is 11.9. The predicted octanol–water partition coefficient (Wildman–Crippen LogP) is 0.712. The smallest absolute Gasteiger partial charge is 0.308 e. The first-order valence-corrected chi connectivity index (χ1v) is 4.51. The molecule has 1 N–H and O–H groups in total. The lowest BCUT2D eigenvalue weighted by molar-refractivity contribution is -0.147. The highest BCUT2D eigenvalue weighted by Gasteiger charge is 2.07. The van der Waals surface area contributed by atoms with Crippen LogP contribution in [0.25, 0.3) is 0 Å². The molecule has 0 spiro atoms. The van der Waals surface area contributed by atoms with E-state index in [1.165, 1.54) is 0 Å². The summed E-state index contributed by atoms with van der Waals surface area (Å²) in [5.74, 6) is -0.367. The van der Waals surface area contributed by atoms with Gasteiger partial charge in [-0.25, -0.2) is 0 Å². The molecule has 1 amide bonds. The molecule has 0 fully saturated rings. The minimum atomic E-state index is -0.231. The van der Waals surface area contributed by atoms with Gasteiger partial charge in [-0.15, -0.1) is 0 Å². The first-order valence-electron chi connectivity index (χ1n) is 4.51. The molecule has 0 radical (unpaired) electrons. The molecule has 0 aromatic carbocycles. The predicted molar refractivity (Wildman–Crippen MR) is 49.1 cm³/mol. The number of carbonyl (C=O) groups excluding carboxylic acids is 2. The molecule has 0 heterocycles. The standard InChI is InChI=1S/C9H17NO3/c1-4-8(11)10-5-6-13-9(12)7(2)3/h7H,4-6H2,1-3H3,(H,10,11). The van der Waals surface area contributed by atoms with Crippen LogP contribution in [0.2, 0.25) is 0 Å². The molecule has 0 aromatic rings. The van der Waals surface area contributed by atoms with E-state index < -0.39 is 0 Å². The number of nitrogens with one attached hydrogen (secondary N) is 1. The van der Waals surface area contributed by atoms with Gasteiger partial charge in [0.15, 0.2) is 0 Å². The zero-order chi connectivity index (χ0) is 10.3. The highest BCUT2D eigenvalue weighted by atomic mass is 16.5. The van der Waals surface area contributed by atoms with Crippen molar-refractivity contribution >= 4 is 11.9 Å². The molecule has 0 aromatic heterocycles. The van der Waals surface area contributed by atoms with Gasteiger partial charge >= 0.3 is 5.97 Å². The maximum atomic E-state index is 10.9. The summed E-state index contributed by atoms with van der Waals surface area (Å²) in [5.41, 5.74) is 0. The van der Waals surface area contributed by atoms with Crippen LogP contribution >= 0.6 is 0 Å². The zero-order valence-electron chi connectivity index (χ0n) is 8.42. The van der Waals surface area contributed by atoms with Crippen molar-refractivity contribution in [1.29, 1.82) is 0 Å². The Morgan fingerprint density at radius 3 is 2.46 bits per heavy atom. The van der Waals surface area contributed by atoms with Crippen LogP contribution in [0, 0.1) is 5.92 Å². The third-order valence-corrected chi connectivity index (χ3v) is 1.46. The summed E-state index contributed by atoms with van der Waals surface area (Å²) < 4.78 is 4.84. The molecule has 4 heteroatoms. The topological polar surface area (TPSA) is 55.4 Å². The van der Waals surface area contributed by atoms with E-state index in [0.717, 1.165) is 0 Å². The number of hydrogen-bond acceptors (Lipinski definition) is 3. The van der Waals surface area contributed by atoms with Crippen LogP contribution in [0.1, 0.15) is 27.2 Å². The average Bonchev–Trinajstić information content (AvgIpc) is 2.11. The molecule has 0 aliphatic heterocycles. The Bertz CT molecular complexity index is 178. The summed E-state index contributed by atoms with van der Waals surface area (Å²) in [7, 11) is 0. The van der Waals surface area contributed by atoms with Crippen LogP contribution in [0.15, 0.2) is 0 Å². The van der Waals surface area contributed by atoms with Crippen molar-refractivity contribution in [2.75, 3.05) is 13.2 Å². The maximum absolute atomic E-state index is 10.9. The molecule has 13 heavy (non-hydrogen) atoms. The fourth-order valence-corrected chi connectivity index (χ4v) is 0.634.